The number of pyridine rings is 1. The first-order chi connectivity index (χ1) is 5.36. The highest BCUT2D eigenvalue weighted by Gasteiger charge is 2.19. The van der Waals surface area contributed by atoms with Gasteiger partial charge in [0.15, 0.2) is 12.4 Å². The van der Waals surface area contributed by atoms with E-state index < -0.39 is 0 Å². The van der Waals surface area contributed by atoms with Crippen LogP contribution in [0.5, 0.6) is 0 Å². The third-order valence-corrected chi connectivity index (χ3v) is 2.19. The van der Waals surface area contributed by atoms with Crippen molar-refractivity contribution in [1.29, 1.82) is 0 Å². The SMILES string of the molecule is C[n+]1cccc(C2CCN2)c1. The zero-order valence-corrected chi connectivity index (χ0v) is 6.75. The summed E-state index contributed by atoms with van der Waals surface area (Å²) in [4.78, 5) is 0. The van der Waals surface area contributed by atoms with E-state index in [1.54, 1.807) is 0 Å². The molecule has 2 rings (SSSR count). The Morgan fingerprint density at radius 2 is 2.45 bits per heavy atom. The molecule has 1 aliphatic rings. The maximum Gasteiger partial charge on any atom is 0.173 e. The zero-order chi connectivity index (χ0) is 7.68. The van der Waals surface area contributed by atoms with Gasteiger partial charge in [-0.2, -0.15) is 0 Å². The van der Waals surface area contributed by atoms with Gasteiger partial charge in [0, 0.05) is 17.7 Å². The molecule has 0 radical (unpaired) electrons. The van der Waals surface area contributed by atoms with E-state index in [4.69, 9.17) is 0 Å². The van der Waals surface area contributed by atoms with Crippen molar-refractivity contribution >= 4 is 0 Å². The molecule has 1 saturated heterocycles. The van der Waals surface area contributed by atoms with Crippen molar-refractivity contribution < 1.29 is 4.57 Å². The first-order valence-electron chi connectivity index (χ1n) is 4.05. The molecule has 0 aromatic carbocycles. The van der Waals surface area contributed by atoms with Crippen molar-refractivity contribution in [2.45, 2.75) is 12.5 Å². The number of aromatic nitrogens is 1. The average Bonchev–Trinajstić information content (AvgIpc) is 1.83. The fourth-order valence-corrected chi connectivity index (χ4v) is 1.39. The quantitative estimate of drug-likeness (QED) is 0.576. The van der Waals surface area contributed by atoms with Gasteiger partial charge in [-0.15, -0.1) is 0 Å². The van der Waals surface area contributed by atoms with Crippen LogP contribution in [0.3, 0.4) is 0 Å². The Bertz CT molecular complexity index is 253. The highest BCUT2D eigenvalue weighted by Crippen LogP contribution is 2.20. The van der Waals surface area contributed by atoms with Crippen LogP contribution >= 0.6 is 0 Å². The summed E-state index contributed by atoms with van der Waals surface area (Å²) in [6.07, 6.45) is 5.52. The molecular weight excluding hydrogens is 136 g/mol. The molecule has 1 aliphatic heterocycles. The van der Waals surface area contributed by atoms with Crippen molar-refractivity contribution in [1.82, 2.24) is 5.32 Å². The number of nitrogens with zero attached hydrogens (tertiary/aromatic N) is 1. The minimum atomic E-state index is 0.613. The first kappa shape index (κ1) is 6.80. The van der Waals surface area contributed by atoms with Gasteiger partial charge in [-0.05, 0) is 19.0 Å². The van der Waals surface area contributed by atoms with E-state index in [0.29, 0.717) is 6.04 Å². The van der Waals surface area contributed by atoms with Gasteiger partial charge in [-0.25, -0.2) is 4.57 Å². The van der Waals surface area contributed by atoms with Gasteiger partial charge in [0.2, 0.25) is 0 Å². The molecule has 2 nitrogen and oxygen atoms in total. The largest absolute Gasteiger partial charge is 0.310 e. The molecule has 2 heteroatoms. The standard InChI is InChI=1S/C9H13N2/c1-11-6-2-3-8(7-11)9-4-5-10-9/h2-3,6-7,9-10H,4-5H2,1H3/q+1. The summed E-state index contributed by atoms with van der Waals surface area (Å²) in [5.74, 6) is 0. The molecule has 11 heavy (non-hydrogen) atoms. The Morgan fingerprint density at radius 3 is 3.00 bits per heavy atom. The summed E-state index contributed by atoms with van der Waals surface area (Å²) in [6, 6.07) is 4.88. The normalized spacial score (nSPS) is 22.8. The maximum atomic E-state index is 3.38. The molecule has 0 aliphatic carbocycles. The minimum Gasteiger partial charge on any atom is -0.310 e. The molecule has 1 fully saturated rings. The smallest absolute Gasteiger partial charge is 0.173 e. The lowest BCUT2D eigenvalue weighted by molar-refractivity contribution is -0.672. The lowest BCUT2D eigenvalue weighted by Crippen LogP contribution is -2.37. The molecule has 1 unspecified atom stereocenters. The van der Waals surface area contributed by atoms with Gasteiger partial charge in [0.05, 0.1) is 0 Å². The monoisotopic (exact) mass is 149 g/mol. The van der Waals surface area contributed by atoms with Gasteiger partial charge in [-0.1, -0.05) is 0 Å². The Kier molecular flexibility index (Phi) is 1.62. The van der Waals surface area contributed by atoms with E-state index in [1.165, 1.54) is 18.5 Å². The molecule has 58 valence electrons. The average molecular weight is 149 g/mol. The second kappa shape index (κ2) is 2.62. The summed E-state index contributed by atoms with van der Waals surface area (Å²) in [6.45, 7) is 1.17. The summed E-state index contributed by atoms with van der Waals surface area (Å²) in [7, 11) is 2.06. The summed E-state index contributed by atoms with van der Waals surface area (Å²) in [5, 5.41) is 3.38. The van der Waals surface area contributed by atoms with Crippen LogP contribution in [0.1, 0.15) is 18.0 Å². The lowest BCUT2D eigenvalue weighted by Gasteiger charge is -2.26. The topological polar surface area (TPSA) is 15.9 Å². The molecular formula is C9H13N2+. The molecule has 0 saturated carbocycles. The van der Waals surface area contributed by atoms with Crippen LogP contribution in [0, 0.1) is 0 Å². The van der Waals surface area contributed by atoms with Crippen molar-refractivity contribution in [3.8, 4) is 0 Å². The molecule has 0 spiro atoms. The fraction of sp³-hybridized carbons (Fsp3) is 0.444. The molecule has 1 atom stereocenters. The summed E-state index contributed by atoms with van der Waals surface area (Å²) >= 11 is 0. The highest BCUT2D eigenvalue weighted by atomic mass is 15.0. The number of hydrogen-bond donors (Lipinski definition) is 1. The molecule has 0 bridgehead atoms. The number of hydrogen-bond acceptors (Lipinski definition) is 1. The van der Waals surface area contributed by atoms with Gasteiger partial charge < -0.3 is 5.32 Å². The Morgan fingerprint density at radius 1 is 1.64 bits per heavy atom. The fourth-order valence-electron chi connectivity index (χ4n) is 1.39. The number of nitrogens with one attached hydrogen (secondary N) is 1. The van der Waals surface area contributed by atoms with Crippen molar-refractivity contribution in [2.24, 2.45) is 7.05 Å². The number of aryl methyl sites for hydroxylation is 1. The third-order valence-electron chi connectivity index (χ3n) is 2.19. The van der Waals surface area contributed by atoms with Gasteiger partial charge in [0.25, 0.3) is 0 Å². The van der Waals surface area contributed by atoms with Crippen LogP contribution < -0.4 is 9.88 Å². The Hall–Kier alpha value is -0.890. The predicted molar refractivity (Wildman–Crippen MR) is 43.0 cm³/mol. The van der Waals surface area contributed by atoms with E-state index >= 15 is 0 Å². The molecule has 2 heterocycles. The van der Waals surface area contributed by atoms with E-state index in [9.17, 15) is 0 Å². The molecule has 1 N–H and O–H groups in total. The van der Waals surface area contributed by atoms with E-state index in [1.807, 2.05) is 0 Å². The van der Waals surface area contributed by atoms with E-state index in [-0.39, 0.29) is 0 Å². The van der Waals surface area contributed by atoms with Crippen LogP contribution in [0.25, 0.3) is 0 Å². The van der Waals surface area contributed by atoms with Crippen LogP contribution in [0.15, 0.2) is 24.5 Å². The zero-order valence-electron chi connectivity index (χ0n) is 6.75. The predicted octanol–water partition coefficient (Wildman–Crippen LogP) is 0.545. The van der Waals surface area contributed by atoms with Crippen molar-refractivity contribution in [2.75, 3.05) is 6.54 Å². The van der Waals surface area contributed by atoms with Crippen LogP contribution in [-0.2, 0) is 7.05 Å². The van der Waals surface area contributed by atoms with Crippen LogP contribution in [-0.4, -0.2) is 6.54 Å². The Labute approximate surface area is 66.9 Å². The van der Waals surface area contributed by atoms with Gasteiger partial charge >= 0.3 is 0 Å². The van der Waals surface area contributed by atoms with Crippen LogP contribution in [0.2, 0.25) is 0 Å². The molecule has 1 aromatic rings. The maximum absolute atomic E-state index is 3.38. The summed E-state index contributed by atoms with van der Waals surface area (Å²) in [5.41, 5.74) is 1.40. The highest BCUT2D eigenvalue weighted by molar-refractivity contribution is 5.13. The molecule has 0 amide bonds. The van der Waals surface area contributed by atoms with E-state index in [0.717, 1.165) is 0 Å². The summed E-state index contributed by atoms with van der Waals surface area (Å²) < 4.78 is 2.09. The third kappa shape index (κ3) is 1.26. The molecule has 1 aromatic heterocycles. The number of rotatable bonds is 1. The second-order valence-corrected chi connectivity index (χ2v) is 3.10. The van der Waals surface area contributed by atoms with Gasteiger partial charge in [-0.3, -0.25) is 0 Å². The first-order valence-corrected chi connectivity index (χ1v) is 4.05. The van der Waals surface area contributed by atoms with Crippen LogP contribution in [0.4, 0.5) is 0 Å². The Balaban J connectivity index is 2.23. The van der Waals surface area contributed by atoms with E-state index in [2.05, 4.69) is 41.5 Å². The lowest BCUT2D eigenvalue weighted by atomic mass is 10.00. The van der Waals surface area contributed by atoms with Crippen molar-refractivity contribution in [3.63, 3.8) is 0 Å². The minimum absolute atomic E-state index is 0.613. The van der Waals surface area contributed by atoms with Crippen molar-refractivity contribution in [3.05, 3.63) is 30.1 Å². The van der Waals surface area contributed by atoms with Gasteiger partial charge in [0.1, 0.15) is 7.05 Å². The second-order valence-electron chi connectivity index (χ2n) is 3.10.